The van der Waals surface area contributed by atoms with Crippen LogP contribution in [0.25, 0.3) is 0 Å². The van der Waals surface area contributed by atoms with Gasteiger partial charge in [0.1, 0.15) is 0 Å². The summed E-state index contributed by atoms with van der Waals surface area (Å²) >= 11 is 0. The van der Waals surface area contributed by atoms with Crippen LogP contribution in [-0.4, -0.2) is 42.2 Å². The SMILES string of the molecule is CNC(=O)NC1CCN(c2ncccn2)CC1. The minimum Gasteiger partial charge on any atom is -0.341 e. The number of rotatable bonds is 2. The molecule has 1 saturated heterocycles. The Kier molecular flexibility index (Phi) is 3.74. The van der Waals surface area contributed by atoms with Gasteiger partial charge in [0, 0.05) is 38.6 Å². The maximum Gasteiger partial charge on any atom is 0.314 e. The van der Waals surface area contributed by atoms with Crippen LogP contribution in [0.1, 0.15) is 12.8 Å². The molecule has 0 radical (unpaired) electrons. The van der Waals surface area contributed by atoms with E-state index in [1.165, 1.54) is 0 Å². The highest BCUT2D eigenvalue weighted by atomic mass is 16.2. The third kappa shape index (κ3) is 3.05. The maximum absolute atomic E-state index is 11.2. The lowest BCUT2D eigenvalue weighted by Gasteiger charge is -2.32. The third-order valence-electron chi connectivity index (χ3n) is 2.89. The number of hydrogen-bond donors (Lipinski definition) is 2. The van der Waals surface area contributed by atoms with Gasteiger partial charge in [0.2, 0.25) is 5.95 Å². The van der Waals surface area contributed by atoms with E-state index in [0.717, 1.165) is 31.9 Å². The summed E-state index contributed by atoms with van der Waals surface area (Å²) in [7, 11) is 1.63. The minimum atomic E-state index is -0.112. The van der Waals surface area contributed by atoms with Gasteiger partial charge in [-0.05, 0) is 18.9 Å². The molecular formula is C11H17N5O. The molecule has 0 saturated carbocycles. The molecule has 2 heterocycles. The number of nitrogens with one attached hydrogen (secondary N) is 2. The Bertz CT molecular complexity index is 361. The summed E-state index contributed by atoms with van der Waals surface area (Å²) in [5.41, 5.74) is 0. The third-order valence-corrected chi connectivity index (χ3v) is 2.89. The molecule has 0 unspecified atom stereocenters. The highest BCUT2D eigenvalue weighted by molar-refractivity contribution is 5.73. The number of urea groups is 1. The molecule has 1 aliphatic rings. The normalized spacial score (nSPS) is 16.6. The van der Waals surface area contributed by atoms with E-state index in [1.54, 1.807) is 19.4 Å². The second-order valence-electron chi connectivity index (χ2n) is 4.03. The molecule has 0 aliphatic carbocycles. The molecule has 1 aromatic rings. The Morgan fingerprint density at radius 3 is 2.59 bits per heavy atom. The quantitative estimate of drug-likeness (QED) is 0.777. The van der Waals surface area contributed by atoms with Crippen molar-refractivity contribution in [1.29, 1.82) is 0 Å². The van der Waals surface area contributed by atoms with Crippen LogP contribution in [0, 0.1) is 0 Å². The first-order valence-electron chi connectivity index (χ1n) is 5.80. The summed E-state index contributed by atoms with van der Waals surface area (Å²) < 4.78 is 0. The number of hydrogen-bond acceptors (Lipinski definition) is 4. The van der Waals surface area contributed by atoms with Gasteiger partial charge >= 0.3 is 6.03 Å². The zero-order valence-corrected chi connectivity index (χ0v) is 9.89. The molecule has 1 aromatic heterocycles. The zero-order chi connectivity index (χ0) is 12.1. The molecule has 2 N–H and O–H groups in total. The fraction of sp³-hybridized carbons (Fsp3) is 0.545. The van der Waals surface area contributed by atoms with Crippen LogP contribution >= 0.6 is 0 Å². The molecule has 0 atom stereocenters. The fourth-order valence-corrected chi connectivity index (χ4v) is 1.94. The van der Waals surface area contributed by atoms with Gasteiger partial charge in [0.25, 0.3) is 0 Å². The first kappa shape index (κ1) is 11.6. The largest absolute Gasteiger partial charge is 0.341 e. The van der Waals surface area contributed by atoms with Crippen molar-refractivity contribution in [1.82, 2.24) is 20.6 Å². The van der Waals surface area contributed by atoms with Crippen molar-refractivity contribution in [3.63, 3.8) is 0 Å². The van der Waals surface area contributed by atoms with Gasteiger partial charge in [-0.1, -0.05) is 0 Å². The maximum atomic E-state index is 11.2. The first-order chi connectivity index (χ1) is 8.29. The van der Waals surface area contributed by atoms with E-state index < -0.39 is 0 Å². The molecule has 6 heteroatoms. The summed E-state index contributed by atoms with van der Waals surface area (Å²) in [6.45, 7) is 1.75. The molecule has 2 amide bonds. The summed E-state index contributed by atoms with van der Waals surface area (Å²) in [5.74, 6) is 0.769. The summed E-state index contributed by atoms with van der Waals surface area (Å²) in [6, 6.07) is 1.94. The summed E-state index contributed by atoms with van der Waals surface area (Å²) in [5, 5.41) is 5.49. The lowest BCUT2D eigenvalue weighted by Crippen LogP contribution is -2.47. The van der Waals surface area contributed by atoms with E-state index in [1.807, 2.05) is 6.07 Å². The van der Waals surface area contributed by atoms with Crippen LogP contribution in [-0.2, 0) is 0 Å². The first-order valence-corrected chi connectivity index (χ1v) is 5.80. The van der Waals surface area contributed by atoms with Crippen molar-refractivity contribution in [3.8, 4) is 0 Å². The van der Waals surface area contributed by atoms with E-state index in [-0.39, 0.29) is 12.1 Å². The van der Waals surface area contributed by atoms with Gasteiger partial charge < -0.3 is 15.5 Å². The molecule has 0 aromatic carbocycles. The molecule has 6 nitrogen and oxygen atoms in total. The second kappa shape index (κ2) is 5.47. The van der Waals surface area contributed by atoms with Gasteiger partial charge in [-0.2, -0.15) is 0 Å². The molecule has 1 fully saturated rings. The number of carbonyl (C=O) groups is 1. The Labute approximate surface area is 100 Å². The van der Waals surface area contributed by atoms with Gasteiger partial charge in [0.15, 0.2) is 0 Å². The van der Waals surface area contributed by atoms with Crippen molar-refractivity contribution in [2.75, 3.05) is 25.0 Å². The van der Waals surface area contributed by atoms with E-state index in [4.69, 9.17) is 0 Å². The molecule has 1 aliphatic heterocycles. The van der Waals surface area contributed by atoms with E-state index in [2.05, 4.69) is 25.5 Å². The Morgan fingerprint density at radius 1 is 1.35 bits per heavy atom. The molecule has 17 heavy (non-hydrogen) atoms. The van der Waals surface area contributed by atoms with E-state index in [0.29, 0.717) is 0 Å². The highest BCUT2D eigenvalue weighted by Gasteiger charge is 2.21. The monoisotopic (exact) mass is 235 g/mol. The van der Waals surface area contributed by atoms with Gasteiger partial charge in [0.05, 0.1) is 0 Å². The number of nitrogens with zero attached hydrogens (tertiary/aromatic N) is 3. The van der Waals surface area contributed by atoms with Crippen LogP contribution in [0.15, 0.2) is 18.5 Å². The van der Waals surface area contributed by atoms with Crippen molar-refractivity contribution < 1.29 is 4.79 Å². The van der Waals surface area contributed by atoms with Crippen LogP contribution in [0.4, 0.5) is 10.7 Å². The smallest absolute Gasteiger partial charge is 0.314 e. The number of amides is 2. The van der Waals surface area contributed by atoms with Crippen molar-refractivity contribution in [2.24, 2.45) is 0 Å². The van der Waals surface area contributed by atoms with Gasteiger partial charge in [-0.15, -0.1) is 0 Å². The van der Waals surface area contributed by atoms with Crippen LogP contribution in [0.5, 0.6) is 0 Å². The number of aromatic nitrogens is 2. The van der Waals surface area contributed by atoms with Crippen LogP contribution < -0.4 is 15.5 Å². The molecule has 0 spiro atoms. The standard InChI is InChI=1S/C11H17N5O/c1-12-11(17)15-9-3-7-16(8-4-9)10-13-5-2-6-14-10/h2,5-6,9H,3-4,7-8H2,1H3,(H2,12,15,17). The Morgan fingerprint density at radius 2 is 2.00 bits per heavy atom. The molecule has 92 valence electrons. The lowest BCUT2D eigenvalue weighted by atomic mass is 10.1. The number of piperidine rings is 1. The molecule has 0 bridgehead atoms. The average molecular weight is 235 g/mol. The average Bonchev–Trinajstić information content (AvgIpc) is 2.40. The minimum absolute atomic E-state index is 0.112. The second-order valence-corrected chi connectivity index (χ2v) is 4.03. The van der Waals surface area contributed by atoms with Gasteiger partial charge in [-0.25, -0.2) is 14.8 Å². The highest BCUT2D eigenvalue weighted by Crippen LogP contribution is 2.14. The lowest BCUT2D eigenvalue weighted by molar-refractivity contribution is 0.236. The summed E-state index contributed by atoms with van der Waals surface area (Å²) in [6.07, 6.45) is 5.34. The fourth-order valence-electron chi connectivity index (χ4n) is 1.94. The zero-order valence-electron chi connectivity index (χ0n) is 9.89. The predicted octanol–water partition coefficient (Wildman–Crippen LogP) is 0.374. The molecule has 2 rings (SSSR count). The number of carbonyl (C=O) groups excluding carboxylic acids is 1. The topological polar surface area (TPSA) is 70.2 Å². The molecular weight excluding hydrogens is 218 g/mol. The van der Waals surface area contributed by atoms with Crippen LogP contribution in [0.2, 0.25) is 0 Å². The van der Waals surface area contributed by atoms with Crippen molar-refractivity contribution in [2.45, 2.75) is 18.9 Å². The number of anilines is 1. The van der Waals surface area contributed by atoms with Crippen molar-refractivity contribution >= 4 is 12.0 Å². The van der Waals surface area contributed by atoms with Crippen LogP contribution in [0.3, 0.4) is 0 Å². The predicted molar refractivity (Wildman–Crippen MR) is 64.9 cm³/mol. The Balaban J connectivity index is 1.84. The van der Waals surface area contributed by atoms with E-state index in [9.17, 15) is 4.79 Å². The Hall–Kier alpha value is -1.85. The van der Waals surface area contributed by atoms with Crippen molar-refractivity contribution in [3.05, 3.63) is 18.5 Å². The van der Waals surface area contributed by atoms with E-state index >= 15 is 0 Å². The van der Waals surface area contributed by atoms with Gasteiger partial charge in [-0.3, -0.25) is 0 Å². The summed E-state index contributed by atoms with van der Waals surface area (Å²) in [4.78, 5) is 21.8.